The number of amides is 1. The van der Waals surface area contributed by atoms with Gasteiger partial charge in [-0.25, -0.2) is 4.39 Å². The number of alkyl halides is 1. The van der Waals surface area contributed by atoms with E-state index in [9.17, 15) is 9.18 Å². The molecule has 18 heavy (non-hydrogen) atoms. The Bertz CT molecular complexity index is 499. The Balaban J connectivity index is 2.09. The monoisotopic (exact) mass is 252 g/mol. The van der Waals surface area contributed by atoms with Crippen LogP contribution in [0.2, 0.25) is 0 Å². The smallest absolute Gasteiger partial charge is 0.272 e. The first kappa shape index (κ1) is 11.6. The summed E-state index contributed by atoms with van der Waals surface area (Å²) in [4.78, 5) is 13.7. The molecule has 2 atom stereocenters. The molecule has 0 saturated carbocycles. The third-order valence-corrected chi connectivity index (χ3v) is 3.65. The molecular formula is C12H17FN4O. The number of carbonyl (C=O) groups excluding carboxylic acids is 1. The summed E-state index contributed by atoms with van der Waals surface area (Å²) in [5.41, 5.74) is 2.44. The molecule has 1 aromatic heterocycles. The maximum atomic E-state index is 13.7. The van der Waals surface area contributed by atoms with Crippen LogP contribution < -0.4 is 5.32 Å². The molecule has 2 aliphatic rings. The molecule has 0 aliphatic carbocycles. The Labute approximate surface area is 105 Å². The Morgan fingerprint density at radius 3 is 3.00 bits per heavy atom. The van der Waals surface area contributed by atoms with Gasteiger partial charge in [-0.1, -0.05) is 0 Å². The highest BCUT2D eigenvalue weighted by molar-refractivity contribution is 5.94. The zero-order valence-electron chi connectivity index (χ0n) is 10.6. The second-order valence-corrected chi connectivity index (χ2v) is 5.22. The third kappa shape index (κ3) is 1.71. The molecule has 98 valence electrons. The highest BCUT2D eigenvalue weighted by atomic mass is 19.1. The van der Waals surface area contributed by atoms with Gasteiger partial charge in [0.1, 0.15) is 11.9 Å². The van der Waals surface area contributed by atoms with Crippen molar-refractivity contribution in [3.63, 3.8) is 0 Å². The third-order valence-electron chi connectivity index (χ3n) is 3.65. The number of hydrogen-bond donors (Lipinski definition) is 1. The molecule has 5 nitrogen and oxygen atoms in total. The van der Waals surface area contributed by atoms with Gasteiger partial charge < -0.3 is 10.2 Å². The number of rotatable bonds is 0. The normalized spacial score (nSPS) is 27.7. The first-order valence-electron chi connectivity index (χ1n) is 6.27. The van der Waals surface area contributed by atoms with Crippen molar-refractivity contribution in [3.8, 4) is 0 Å². The van der Waals surface area contributed by atoms with Gasteiger partial charge in [0.25, 0.3) is 5.91 Å². The van der Waals surface area contributed by atoms with Crippen molar-refractivity contribution in [2.24, 2.45) is 0 Å². The predicted molar refractivity (Wildman–Crippen MR) is 64.1 cm³/mol. The van der Waals surface area contributed by atoms with E-state index in [0.717, 1.165) is 17.7 Å². The van der Waals surface area contributed by atoms with Crippen molar-refractivity contribution in [3.05, 3.63) is 17.0 Å². The van der Waals surface area contributed by atoms with Crippen LogP contribution in [0.5, 0.6) is 0 Å². The van der Waals surface area contributed by atoms with Crippen LogP contribution in [-0.2, 0) is 19.5 Å². The van der Waals surface area contributed by atoms with Gasteiger partial charge in [-0.2, -0.15) is 5.10 Å². The molecule has 0 radical (unpaired) electrons. The molecule has 3 heterocycles. The lowest BCUT2D eigenvalue weighted by atomic mass is 10.0. The van der Waals surface area contributed by atoms with Crippen LogP contribution in [0, 0.1) is 0 Å². The van der Waals surface area contributed by atoms with E-state index in [4.69, 9.17) is 0 Å². The fourth-order valence-electron chi connectivity index (χ4n) is 2.71. The fraction of sp³-hybridized carbons (Fsp3) is 0.667. The van der Waals surface area contributed by atoms with E-state index >= 15 is 0 Å². The first-order chi connectivity index (χ1) is 8.56. The maximum Gasteiger partial charge on any atom is 0.272 e. The van der Waals surface area contributed by atoms with E-state index in [0.29, 0.717) is 18.3 Å². The zero-order chi connectivity index (χ0) is 12.9. The van der Waals surface area contributed by atoms with E-state index in [-0.39, 0.29) is 19.0 Å². The average Bonchev–Trinajstić information content (AvgIpc) is 2.59. The van der Waals surface area contributed by atoms with Gasteiger partial charge in [0.15, 0.2) is 0 Å². The summed E-state index contributed by atoms with van der Waals surface area (Å²) in [5, 5.41) is 7.75. The molecule has 0 unspecified atom stereocenters. The average molecular weight is 252 g/mol. The van der Waals surface area contributed by atoms with Crippen molar-refractivity contribution in [1.29, 1.82) is 0 Å². The molecule has 3 rings (SSSR count). The van der Waals surface area contributed by atoms with Gasteiger partial charge in [-0.15, -0.1) is 0 Å². The van der Waals surface area contributed by atoms with Crippen LogP contribution in [0.1, 0.15) is 28.7 Å². The van der Waals surface area contributed by atoms with Crippen molar-refractivity contribution in [1.82, 2.24) is 20.0 Å². The quantitative estimate of drug-likeness (QED) is 0.724. The minimum absolute atomic E-state index is 0.125. The Kier molecular flexibility index (Phi) is 2.62. The molecule has 0 saturated heterocycles. The number of hydrogen-bond acceptors (Lipinski definition) is 3. The number of aromatic nitrogens is 2. The Morgan fingerprint density at radius 2 is 2.22 bits per heavy atom. The standard InChI is InChI=1S/C12H17FN4O/c1-7-3-10-9(4-14-7)11-12(18)16(2)5-8(13)6-17(11)15-10/h7-8,14H,3-6H2,1-2H3/t7-,8-/m1/s1. The largest absolute Gasteiger partial charge is 0.337 e. The van der Waals surface area contributed by atoms with Crippen LogP contribution in [0.15, 0.2) is 0 Å². The van der Waals surface area contributed by atoms with Crippen molar-refractivity contribution < 1.29 is 9.18 Å². The molecular weight excluding hydrogens is 235 g/mol. The Hall–Kier alpha value is -1.43. The number of fused-ring (bicyclic) bond motifs is 3. The zero-order valence-corrected chi connectivity index (χ0v) is 10.6. The van der Waals surface area contributed by atoms with Gasteiger partial charge in [0.2, 0.25) is 0 Å². The van der Waals surface area contributed by atoms with E-state index in [2.05, 4.69) is 17.3 Å². The lowest BCUT2D eigenvalue weighted by Gasteiger charge is -2.20. The van der Waals surface area contributed by atoms with E-state index in [1.165, 1.54) is 4.90 Å². The maximum absolute atomic E-state index is 13.7. The SMILES string of the molecule is C[C@@H]1Cc2nn3c(c2CN1)C(=O)N(C)C[C@@H](F)C3. The Morgan fingerprint density at radius 1 is 1.44 bits per heavy atom. The lowest BCUT2D eigenvalue weighted by molar-refractivity contribution is 0.0768. The van der Waals surface area contributed by atoms with Gasteiger partial charge in [-0.3, -0.25) is 9.48 Å². The molecule has 1 aromatic rings. The summed E-state index contributed by atoms with van der Waals surface area (Å²) in [6.45, 7) is 3.04. The highest BCUT2D eigenvalue weighted by Gasteiger charge is 2.32. The molecule has 2 aliphatic heterocycles. The summed E-state index contributed by atoms with van der Waals surface area (Å²) < 4.78 is 15.3. The van der Waals surface area contributed by atoms with Crippen LogP contribution >= 0.6 is 0 Å². The minimum atomic E-state index is -1.05. The fourth-order valence-corrected chi connectivity index (χ4v) is 2.71. The topological polar surface area (TPSA) is 50.2 Å². The van der Waals surface area contributed by atoms with Crippen LogP contribution in [0.4, 0.5) is 4.39 Å². The molecule has 1 N–H and O–H groups in total. The summed E-state index contributed by atoms with van der Waals surface area (Å²) >= 11 is 0. The van der Waals surface area contributed by atoms with Crippen LogP contribution in [0.25, 0.3) is 0 Å². The number of halogens is 1. The molecule has 6 heteroatoms. The van der Waals surface area contributed by atoms with Gasteiger partial charge in [0.05, 0.1) is 18.8 Å². The molecule has 0 bridgehead atoms. The number of nitrogens with one attached hydrogen (secondary N) is 1. The number of nitrogens with zero attached hydrogens (tertiary/aromatic N) is 3. The predicted octanol–water partition coefficient (Wildman–Crippen LogP) is 0.341. The van der Waals surface area contributed by atoms with E-state index < -0.39 is 6.17 Å². The number of carbonyl (C=O) groups is 1. The van der Waals surface area contributed by atoms with E-state index in [1.807, 2.05) is 0 Å². The van der Waals surface area contributed by atoms with Gasteiger partial charge in [0, 0.05) is 31.6 Å². The second kappa shape index (κ2) is 4.05. The van der Waals surface area contributed by atoms with Gasteiger partial charge in [-0.05, 0) is 6.92 Å². The van der Waals surface area contributed by atoms with Crippen molar-refractivity contribution in [2.75, 3.05) is 13.6 Å². The molecule has 0 spiro atoms. The summed E-state index contributed by atoms with van der Waals surface area (Å²) in [7, 11) is 1.64. The molecule has 0 fully saturated rings. The van der Waals surface area contributed by atoms with Gasteiger partial charge >= 0.3 is 0 Å². The summed E-state index contributed by atoms with van der Waals surface area (Å²) in [6.07, 6.45) is -0.254. The second-order valence-electron chi connectivity index (χ2n) is 5.22. The van der Waals surface area contributed by atoms with E-state index in [1.54, 1.807) is 11.7 Å². The minimum Gasteiger partial charge on any atom is -0.337 e. The first-order valence-corrected chi connectivity index (χ1v) is 6.27. The summed E-state index contributed by atoms with van der Waals surface area (Å²) in [6, 6.07) is 0.352. The van der Waals surface area contributed by atoms with Crippen molar-refractivity contribution in [2.45, 2.75) is 38.6 Å². The van der Waals surface area contributed by atoms with Crippen molar-refractivity contribution >= 4 is 5.91 Å². The molecule has 1 amide bonds. The van der Waals surface area contributed by atoms with Crippen LogP contribution in [0.3, 0.4) is 0 Å². The highest BCUT2D eigenvalue weighted by Crippen LogP contribution is 2.24. The lowest BCUT2D eigenvalue weighted by Crippen LogP contribution is -2.35. The summed E-state index contributed by atoms with van der Waals surface area (Å²) in [5.74, 6) is -0.125. The molecule has 0 aromatic carbocycles. The van der Waals surface area contributed by atoms with Crippen LogP contribution in [-0.4, -0.2) is 46.4 Å².